The highest BCUT2D eigenvalue weighted by atomic mass is 16.5. The Morgan fingerprint density at radius 1 is 1.20 bits per heavy atom. The summed E-state index contributed by atoms with van der Waals surface area (Å²) in [4.78, 5) is 32.5. The van der Waals surface area contributed by atoms with Gasteiger partial charge in [-0.15, -0.1) is 0 Å². The molecule has 0 aliphatic carbocycles. The van der Waals surface area contributed by atoms with E-state index in [1.54, 1.807) is 14.0 Å². The topological polar surface area (TPSA) is 88.8 Å². The Kier molecular flexibility index (Phi) is 5.74. The number of likely N-dealkylation sites (tertiary alicyclic amines) is 2. The highest BCUT2D eigenvalue weighted by molar-refractivity contribution is 5.96. The minimum Gasteiger partial charge on any atom is -0.497 e. The van der Waals surface area contributed by atoms with Crippen LogP contribution in [0.2, 0.25) is 0 Å². The van der Waals surface area contributed by atoms with Crippen molar-refractivity contribution in [1.82, 2.24) is 19.9 Å². The predicted molar refractivity (Wildman–Crippen MR) is 109 cm³/mol. The van der Waals surface area contributed by atoms with Crippen LogP contribution in [-0.4, -0.2) is 65.0 Å². The van der Waals surface area contributed by atoms with Gasteiger partial charge in [-0.25, -0.2) is 0 Å². The highest BCUT2D eigenvalue weighted by Crippen LogP contribution is 2.28. The molecule has 0 bridgehead atoms. The Labute approximate surface area is 176 Å². The molecule has 0 unspecified atom stereocenters. The molecule has 30 heavy (non-hydrogen) atoms. The van der Waals surface area contributed by atoms with Gasteiger partial charge in [-0.1, -0.05) is 5.16 Å². The lowest BCUT2D eigenvalue weighted by Crippen LogP contribution is -2.50. The van der Waals surface area contributed by atoms with E-state index in [0.29, 0.717) is 36.9 Å². The molecule has 2 amide bonds. The first kappa shape index (κ1) is 20.4. The van der Waals surface area contributed by atoms with E-state index >= 15 is 0 Å². The molecule has 1 aromatic carbocycles. The van der Waals surface area contributed by atoms with Crippen LogP contribution in [0.3, 0.4) is 0 Å². The molecule has 2 fully saturated rings. The molecule has 160 valence electrons. The number of benzene rings is 1. The number of nitrogens with zero attached hydrogens (tertiary/aromatic N) is 4. The average molecular weight is 412 g/mol. The van der Waals surface area contributed by atoms with Crippen molar-refractivity contribution in [2.24, 2.45) is 5.92 Å². The van der Waals surface area contributed by atoms with Gasteiger partial charge in [-0.3, -0.25) is 9.59 Å². The number of methoxy groups -OCH3 is 1. The van der Waals surface area contributed by atoms with Crippen LogP contribution in [0, 0.1) is 12.8 Å². The summed E-state index contributed by atoms with van der Waals surface area (Å²) in [5, 5.41) is 4.17. The summed E-state index contributed by atoms with van der Waals surface area (Å²) in [6.07, 6.45) is 2.42. The fourth-order valence-corrected chi connectivity index (χ4v) is 4.25. The average Bonchev–Trinajstić information content (AvgIpc) is 3.18. The maximum atomic E-state index is 12.7. The maximum absolute atomic E-state index is 12.7. The Bertz CT molecular complexity index is 927. The van der Waals surface area contributed by atoms with Crippen molar-refractivity contribution in [3.63, 3.8) is 0 Å². The molecule has 2 saturated heterocycles. The van der Waals surface area contributed by atoms with Gasteiger partial charge in [0.15, 0.2) is 5.82 Å². The minimum absolute atomic E-state index is 0.0508. The molecule has 3 heterocycles. The lowest BCUT2D eigenvalue weighted by molar-refractivity contribution is -0.129. The van der Waals surface area contributed by atoms with E-state index < -0.39 is 0 Å². The second-order valence-corrected chi connectivity index (χ2v) is 8.29. The Morgan fingerprint density at radius 3 is 2.57 bits per heavy atom. The SMILES string of the molecule is COc1ccc(C(=O)N2CC(Cc3nc(C4CCN(C(C)=O)CC4)no3)C2)c(C)c1. The van der Waals surface area contributed by atoms with Gasteiger partial charge in [-0.2, -0.15) is 4.98 Å². The molecular weight excluding hydrogens is 384 g/mol. The van der Waals surface area contributed by atoms with Gasteiger partial charge in [0.1, 0.15) is 5.75 Å². The molecular formula is C22H28N4O4. The Hall–Kier alpha value is -2.90. The normalized spacial score (nSPS) is 17.7. The van der Waals surface area contributed by atoms with Crippen LogP contribution >= 0.6 is 0 Å². The third-order valence-electron chi connectivity index (χ3n) is 6.16. The zero-order valence-electron chi connectivity index (χ0n) is 17.8. The van der Waals surface area contributed by atoms with E-state index in [2.05, 4.69) is 10.1 Å². The molecule has 1 aromatic heterocycles. The van der Waals surface area contributed by atoms with Crippen LogP contribution in [0.15, 0.2) is 22.7 Å². The second kappa shape index (κ2) is 8.45. The van der Waals surface area contributed by atoms with E-state index in [1.165, 1.54) is 0 Å². The van der Waals surface area contributed by atoms with Gasteiger partial charge in [0.25, 0.3) is 5.91 Å². The van der Waals surface area contributed by atoms with Crippen molar-refractivity contribution in [2.45, 2.75) is 39.0 Å². The zero-order chi connectivity index (χ0) is 21.3. The fourth-order valence-electron chi connectivity index (χ4n) is 4.25. The van der Waals surface area contributed by atoms with Crippen LogP contribution in [-0.2, 0) is 11.2 Å². The van der Waals surface area contributed by atoms with Crippen molar-refractivity contribution in [3.8, 4) is 5.75 Å². The zero-order valence-corrected chi connectivity index (χ0v) is 17.8. The first-order valence-electron chi connectivity index (χ1n) is 10.5. The predicted octanol–water partition coefficient (Wildman–Crippen LogP) is 2.43. The standard InChI is InChI=1S/C22H28N4O4/c1-14-10-18(29-3)4-5-19(14)22(28)26-12-16(13-26)11-20-23-21(24-30-20)17-6-8-25(9-7-17)15(2)27/h4-5,10,16-17H,6-9,11-13H2,1-3H3. The molecule has 2 aliphatic heterocycles. The first-order chi connectivity index (χ1) is 14.4. The van der Waals surface area contributed by atoms with Gasteiger partial charge in [0, 0.05) is 56.9 Å². The summed E-state index contributed by atoms with van der Waals surface area (Å²) in [6, 6.07) is 5.52. The van der Waals surface area contributed by atoms with E-state index in [4.69, 9.17) is 9.26 Å². The number of ether oxygens (including phenoxy) is 1. The molecule has 2 aliphatic rings. The quantitative estimate of drug-likeness (QED) is 0.749. The summed E-state index contributed by atoms with van der Waals surface area (Å²) in [5.74, 6) is 2.89. The number of rotatable bonds is 5. The summed E-state index contributed by atoms with van der Waals surface area (Å²) < 4.78 is 10.7. The number of piperidine rings is 1. The lowest BCUT2D eigenvalue weighted by atomic mass is 9.94. The second-order valence-electron chi connectivity index (χ2n) is 8.29. The van der Waals surface area contributed by atoms with E-state index in [1.807, 2.05) is 34.9 Å². The molecule has 0 radical (unpaired) electrons. The van der Waals surface area contributed by atoms with Crippen molar-refractivity contribution in [1.29, 1.82) is 0 Å². The summed E-state index contributed by atoms with van der Waals surface area (Å²) in [7, 11) is 1.62. The monoisotopic (exact) mass is 412 g/mol. The van der Waals surface area contributed by atoms with E-state index in [-0.39, 0.29) is 17.7 Å². The molecule has 0 spiro atoms. The van der Waals surface area contributed by atoms with Gasteiger partial charge < -0.3 is 19.1 Å². The number of aryl methyl sites for hydroxylation is 1. The molecule has 0 atom stereocenters. The Morgan fingerprint density at radius 2 is 1.93 bits per heavy atom. The number of amides is 2. The first-order valence-corrected chi connectivity index (χ1v) is 10.5. The molecule has 2 aromatic rings. The number of carbonyl (C=O) groups excluding carboxylic acids is 2. The molecule has 4 rings (SSSR count). The summed E-state index contributed by atoms with van der Waals surface area (Å²) in [6.45, 7) is 6.41. The molecule has 8 heteroatoms. The lowest BCUT2D eigenvalue weighted by Gasteiger charge is -2.39. The van der Waals surface area contributed by atoms with Crippen LogP contribution in [0.1, 0.15) is 53.3 Å². The van der Waals surface area contributed by atoms with Crippen LogP contribution in [0.25, 0.3) is 0 Å². The highest BCUT2D eigenvalue weighted by Gasteiger charge is 2.33. The minimum atomic E-state index is 0.0508. The Balaban J connectivity index is 1.28. The maximum Gasteiger partial charge on any atom is 0.254 e. The number of carbonyl (C=O) groups is 2. The van der Waals surface area contributed by atoms with E-state index in [0.717, 1.165) is 43.1 Å². The molecule has 0 saturated carbocycles. The molecule has 8 nitrogen and oxygen atoms in total. The largest absolute Gasteiger partial charge is 0.497 e. The number of aromatic nitrogens is 2. The number of hydrogen-bond donors (Lipinski definition) is 0. The number of hydrogen-bond acceptors (Lipinski definition) is 6. The van der Waals surface area contributed by atoms with Crippen LogP contribution in [0.4, 0.5) is 0 Å². The summed E-state index contributed by atoms with van der Waals surface area (Å²) in [5.41, 5.74) is 1.63. The van der Waals surface area contributed by atoms with Gasteiger partial charge in [0.05, 0.1) is 7.11 Å². The van der Waals surface area contributed by atoms with Crippen molar-refractivity contribution in [2.75, 3.05) is 33.3 Å². The fraction of sp³-hybridized carbons (Fsp3) is 0.545. The van der Waals surface area contributed by atoms with Crippen LogP contribution < -0.4 is 4.74 Å². The van der Waals surface area contributed by atoms with Gasteiger partial charge in [-0.05, 0) is 43.5 Å². The summed E-state index contributed by atoms with van der Waals surface area (Å²) >= 11 is 0. The van der Waals surface area contributed by atoms with Crippen LogP contribution in [0.5, 0.6) is 5.75 Å². The van der Waals surface area contributed by atoms with Crippen molar-refractivity contribution >= 4 is 11.8 Å². The van der Waals surface area contributed by atoms with Gasteiger partial charge in [0.2, 0.25) is 11.8 Å². The van der Waals surface area contributed by atoms with Crippen molar-refractivity contribution < 1.29 is 18.8 Å². The molecule has 0 N–H and O–H groups in total. The van der Waals surface area contributed by atoms with Crippen molar-refractivity contribution in [3.05, 3.63) is 41.0 Å². The smallest absolute Gasteiger partial charge is 0.254 e. The third kappa shape index (κ3) is 4.17. The third-order valence-corrected chi connectivity index (χ3v) is 6.16. The van der Waals surface area contributed by atoms with Gasteiger partial charge >= 0.3 is 0 Å². The van der Waals surface area contributed by atoms with E-state index in [9.17, 15) is 9.59 Å².